The van der Waals surface area contributed by atoms with E-state index < -0.39 is 42.1 Å². The van der Waals surface area contributed by atoms with Crippen LogP contribution < -0.4 is 0 Å². The summed E-state index contributed by atoms with van der Waals surface area (Å²) in [5.41, 5.74) is 2.54. The van der Waals surface area contributed by atoms with Crippen LogP contribution in [0.15, 0.2) is 36.5 Å². The van der Waals surface area contributed by atoms with E-state index in [1.54, 1.807) is 28.8 Å². The zero-order chi connectivity index (χ0) is 29.0. The summed E-state index contributed by atoms with van der Waals surface area (Å²) in [6.45, 7) is 8.02. The molecule has 10 heteroatoms. The van der Waals surface area contributed by atoms with Gasteiger partial charge in [0.1, 0.15) is 11.4 Å². The lowest BCUT2D eigenvalue weighted by atomic mass is 9.89. The van der Waals surface area contributed by atoms with Gasteiger partial charge in [0.25, 0.3) is 11.8 Å². The lowest BCUT2D eigenvalue weighted by Gasteiger charge is -2.37. The quantitative estimate of drug-likeness (QED) is 0.376. The number of hydrogen-bond acceptors (Lipinski definition) is 4. The number of aryl methyl sites for hydroxylation is 1. The fourth-order valence-electron chi connectivity index (χ4n) is 5.79. The summed E-state index contributed by atoms with van der Waals surface area (Å²) < 4.78 is 49.8. The molecule has 40 heavy (non-hydrogen) atoms. The first-order valence-electron chi connectivity index (χ1n) is 13.6. The molecule has 2 saturated heterocycles. The Morgan fingerprint density at radius 1 is 1.10 bits per heavy atom. The summed E-state index contributed by atoms with van der Waals surface area (Å²) in [4.78, 5) is 29.5. The molecule has 3 aromatic rings. The molecule has 7 nitrogen and oxygen atoms in total. The Balaban J connectivity index is 1.53. The number of nitrogens with zero attached hydrogens (tertiary/aromatic N) is 4. The first kappa shape index (κ1) is 28.0. The average molecular weight is 557 g/mol. The van der Waals surface area contributed by atoms with E-state index in [0.29, 0.717) is 24.2 Å². The molecule has 5 rings (SSSR count). The lowest BCUT2D eigenvalue weighted by molar-refractivity contribution is -0.0664. The molecule has 2 unspecified atom stereocenters. The molecule has 2 fully saturated rings. The van der Waals surface area contributed by atoms with Gasteiger partial charge < -0.3 is 14.5 Å². The summed E-state index contributed by atoms with van der Waals surface area (Å²) in [6.07, 6.45) is 1.23. The normalized spacial score (nSPS) is 21.2. The van der Waals surface area contributed by atoms with Gasteiger partial charge in [-0.1, -0.05) is 6.07 Å². The van der Waals surface area contributed by atoms with E-state index in [9.17, 15) is 22.8 Å². The van der Waals surface area contributed by atoms with Crippen LogP contribution in [0, 0.1) is 5.82 Å². The summed E-state index contributed by atoms with van der Waals surface area (Å²) in [5.74, 6) is -3.86. The van der Waals surface area contributed by atoms with Crippen LogP contribution in [0.4, 0.5) is 18.0 Å². The van der Waals surface area contributed by atoms with E-state index in [4.69, 9.17) is 4.74 Å². The van der Waals surface area contributed by atoms with Crippen molar-refractivity contribution in [2.24, 2.45) is 7.05 Å². The van der Waals surface area contributed by atoms with E-state index in [0.717, 1.165) is 22.9 Å². The van der Waals surface area contributed by atoms with Gasteiger partial charge in [0, 0.05) is 56.9 Å². The molecule has 2 aliphatic rings. The summed E-state index contributed by atoms with van der Waals surface area (Å²) in [6, 6.07) is 7.38. The molecule has 0 spiro atoms. The zero-order valence-corrected chi connectivity index (χ0v) is 23.5. The van der Waals surface area contributed by atoms with Gasteiger partial charge in [0.2, 0.25) is 0 Å². The Morgan fingerprint density at radius 2 is 1.85 bits per heavy atom. The third-order valence-corrected chi connectivity index (χ3v) is 7.81. The van der Waals surface area contributed by atoms with Crippen LogP contribution >= 0.6 is 0 Å². The van der Waals surface area contributed by atoms with Crippen molar-refractivity contribution >= 4 is 22.9 Å². The molecule has 3 heterocycles. The molecule has 0 N–H and O–H groups in total. The number of rotatable bonds is 3. The highest BCUT2D eigenvalue weighted by Crippen LogP contribution is 2.39. The average Bonchev–Trinajstić information content (AvgIpc) is 3.49. The summed E-state index contributed by atoms with van der Waals surface area (Å²) in [5, 5.41) is 5.21. The molecule has 2 amide bonds. The Morgan fingerprint density at radius 3 is 2.55 bits per heavy atom. The number of ether oxygens (including phenoxy) is 1. The van der Waals surface area contributed by atoms with E-state index in [1.807, 2.05) is 40.0 Å². The number of hydrogen-bond donors (Lipinski definition) is 0. The van der Waals surface area contributed by atoms with Crippen LogP contribution in [0.2, 0.25) is 0 Å². The monoisotopic (exact) mass is 556 g/mol. The fraction of sp³-hybridized carbons (Fsp3) is 0.500. The number of aromatic nitrogens is 2. The Hall–Kier alpha value is -3.56. The number of likely N-dealkylation sites (tertiary alicyclic amines) is 2. The second kappa shape index (κ2) is 10.1. The zero-order valence-electron chi connectivity index (χ0n) is 23.5. The molecule has 0 aliphatic carbocycles. The number of alkyl halides is 2. The van der Waals surface area contributed by atoms with Crippen LogP contribution in [0.25, 0.3) is 22.0 Å². The van der Waals surface area contributed by atoms with Crippen molar-refractivity contribution in [3.63, 3.8) is 0 Å². The van der Waals surface area contributed by atoms with Crippen molar-refractivity contribution in [1.82, 2.24) is 19.6 Å². The fourth-order valence-corrected chi connectivity index (χ4v) is 5.79. The lowest BCUT2D eigenvalue weighted by Crippen LogP contribution is -2.48. The molecule has 0 bridgehead atoms. The van der Waals surface area contributed by atoms with Crippen LogP contribution in [0.1, 0.15) is 68.8 Å². The number of fused-ring (bicyclic) bond motifs is 1. The molecule has 0 saturated carbocycles. The van der Waals surface area contributed by atoms with Gasteiger partial charge in [-0.25, -0.2) is 18.0 Å². The minimum absolute atomic E-state index is 0.0227. The van der Waals surface area contributed by atoms with E-state index >= 15 is 0 Å². The number of carbonyl (C=O) groups excluding carboxylic acids is 2. The van der Waals surface area contributed by atoms with Crippen LogP contribution in [0.5, 0.6) is 0 Å². The Labute approximate surface area is 231 Å². The predicted octanol–water partition coefficient (Wildman–Crippen LogP) is 6.36. The predicted molar refractivity (Wildman–Crippen MR) is 146 cm³/mol. The standard InChI is InChI=1S/C30H35F3N4O3/c1-18-15-30(32,33)9-11-37(18)27(38)24-14-21(31)6-7-22(24)23-12-20(13-26-25(23)16-34-35(26)5)19-8-10-36(17-19)28(39)40-29(2,3)4/h6-7,12-14,16,18-19H,8-11,15,17H2,1-5H3. The van der Waals surface area contributed by atoms with Gasteiger partial charge in [0.15, 0.2) is 0 Å². The van der Waals surface area contributed by atoms with Crippen LogP contribution in [-0.2, 0) is 11.8 Å². The first-order valence-corrected chi connectivity index (χ1v) is 13.6. The Bertz CT molecular complexity index is 1460. The highest BCUT2D eigenvalue weighted by atomic mass is 19.3. The van der Waals surface area contributed by atoms with Crippen LogP contribution in [0.3, 0.4) is 0 Å². The van der Waals surface area contributed by atoms with Gasteiger partial charge >= 0.3 is 6.09 Å². The van der Waals surface area contributed by atoms with Gasteiger partial charge in [-0.3, -0.25) is 9.48 Å². The van der Waals surface area contributed by atoms with Crippen LogP contribution in [-0.4, -0.2) is 68.8 Å². The third kappa shape index (κ3) is 5.53. The molecule has 2 aliphatic heterocycles. The molecular weight excluding hydrogens is 521 g/mol. The maximum Gasteiger partial charge on any atom is 0.410 e. The molecule has 214 valence electrons. The number of amides is 2. The van der Waals surface area contributed by atoms with Gasteiger partial charge in [0.05, 0.1) is 17.3 Å². The molecule has 0 radical (unpaired) electrons. The van der Waals surface area contributed by atoms with E-state index in [-0.39, 0.29) is 24.1 Å². The Kier molecular flexibility index (Phi) is 7.08. The first-order chi connectivity index (χ1) is 18.7. The maximum atomic E-state index is 14.5. The summed E-state index contributed by atoms with van der Waals surface area (Å²) in [7, 11) is 1.82. The number of halogens is 3. The SMILES string of the molecule is CC1CC(F)(F)CCN1C(=O)c1cc(F)ccc1-c1cc(C2CCN(C(=O)OC(C)(C)C)C2)cc2c1cnn2C. The number of carbonyl (C=O) groups is 2. The highest BCUT2D eigenvalue weighted by Gasteiger charge is 2.41. The van der Waals surface area contributed by atoms with E-state index in [1.165, 1.54) is 17.0 Å². The number of piperidine rings is 1. The van der Waals surface area contributed by atoms with Crippen molar-refractivity contribution < 1.29 is 27.5 Å². The highest BCUT2D eigenvalue weighted by molar-refractivity contribution is 6.05. The minimum atomic E-state index is -2.83. The van der Waals surface area contributed by atoms with Crippen molar-refractivity contribution in [2.75, 3.05) is 19.6 Å². The van der Waals surface area contributed by atoms with Crippen molar-refractivity contribution in [2.45, 2.75) is 70.4 Å². The van der Waals surface area contributed by atoms with Crippen molar-refractivity contribution in [1.29, 1.82) is 0 Å². The van der Waals surface area contributed by atoms with E-state index in [2.05, 4.69) is 5.10 Å². The van der Waals surface area contributed by atoms with Crippen molar-refractivity contribution in [3.05, 3.63) is 53.5 Å². The third-order valence-electron chi connectivity index (χ3n) is 7.81. The second-order valence-corrected chi connectivity index (χ2v) is 12.0. The number of benzene rings is 2. The molecular formula is C30H35F3N4O3. The largest absolute Gasteiger partial charge is 0.444 e. The topological polar surface area (TPSA) is 67.7 Å². The summed E-state index contributed by atoms with van der Waals surface area (Å²) >= 11 is 0. The van der Waals surface area contributed by atoms with Crippen molar-refractivity contribution in [3.8, 4) is 11.1 Å². The molecule has 2 atom stereocenters. The molecule has 1 aromatic heterocycles. The van der Waals surface area contributed by atoms with Gasteiger partial charge in [-0.15, -0.1) is 0 Å². The molecule has 2 aromatic carbocycles. The van der Waals surface area contributed by atoms with Gasteiger partial charge in [-0.2, -0.15) is 5.10 Å². The van der Waals surface area contributed by atoms with Gasteiger partial charge in [-0.05, 0) is 75.1 Å². The smallest absolute Gasteiger partial charge is 0.410 e. The maximum absolute atomic E-state index is 14.5. The minimum Gasteiger partial charge on any atom is -0.444 e. The second-order valence-electron chi connectivity index (χ2n) is 12.0.